The Morgan fingerprint density at radius 3 is 2.56 bits per heavy atom. The van der Waals surface area contributed by atoms with Crippen molar-refractivity contribution in [1.82, 2.24) is 4.90 Å². The summed E-state index contributed by atoms with van der Waals surface area (Å²) in [4.78, 5) is 14.6. The number of nitrogens with zero attached hydrogens (tertiary/aromatic N) is 1. The number of carbonyl (C=O) groups is 1. The molecule has 1 amide bonds. The van der Waals surface area contributed by atoms with Crippen molar-refractivity contribution in [1.29, 1.82) is 0 Å². The monoisotopic (exact) mass is 252 g/mol. The first kappa shape index (κ1) is 12.4. The van der Waals surface area contributed by atoms with E-state index < -0.39 is 0 Å². The van der Waals surface area contributed by atoms with Crippen LogP contribution >= 0.6 is 0 Å². The van der Waals surface area contributed by atoms with E-state index in [1.165, 1.54) is 6.42 Å². The number of hydrogen-bond donors (Lipinski definition) is 1. The minimum Gasteiger partial charge on any atom is -0.381 e. The average molecular weight is 252 g/mol. The van der Waals surface area contributed by atoms with Crippen LogP contribution < -0.4 is 5.73 Å². The third-order valence-corrected chi connectivity index (χ3v) is 4.97. The second-order valence-corrected chi connectivity index (χ2v) is 6.22. The standard InChI is InChI=1S/C14H24N2O2/c15-13-2-1-11-8-16(9-12(11)7-13)14(17)10-3-5-18-6-4-10/h10-13H,1-9,15H2/t11-,12+,13?/m0/s1. The van der Waals surface area contributed by atoms with Gasteiger partial charge in [0, 0.05) is 38.3 Å². The van der Waals surface area contributed by atoms with Gasteiger partial charge >= 0.3 is 0 Å². The molecule has 0 radical (unpaired) electrons. The molecule has 102 valence electrons. The SMILES string of the molecule is NC1CC[C@H]2CN(C(=O)C3CCOCC3)C[C@H]2C1. The van der Waals surface area contributed by atoms with Gasteiger partial charge < -0.3 is 15.4 Å². The van der Waals surface area contributed by atoms with Gasteiger partial charge in [0.1, 0.15) is 0 Å². The molecule has 0 aromatic heterocycles. The lowest BCUT2D eigenvalue weighted by Crippen LogP contribution is -2.37. The smallest absolute Gasteiger partial charge is 0.225 e. The Hall–Kier alpha value is -0.610. The molecule has 2 aliphatic heterocycles. The number of hydrogen-bond acceptors (Lipinski definition) is 3. The van der Waals surface area contributed by atoms with Crippen LogP contribution in [0.5, 0.6) is 0 Å². The highest BCUT2D eigenvalue weighted by Gasteiger charge is 2.40. The summed E-state index contributed by atoms with van der Waals surface area (Å²) in [6.07, 6.45) is 5.28. The van der Waals surface area contributed by atoms with Crippen LogP contribution in [-0.2, 0) is 9.53 Å². The summed E-state index contributed by atoms with van der Waals surface area (Å²) in [5, 5.41) is 0. The van der Waals surface area contributed by atoms with E-state index in [9.17, 15) is 4.79 Å². The van der Waals surface area contributed by atoms with E-state index >= 15 is 0 Å². The number of likely N-dealkylation sites (tertiary alicyclic amines) is 1. The second-order valence-electron chi connectivity index (χ2n) is 6.22. The first-order valence-electron chi connectivity index (χ1n) is 7.36. The zero-order valence-electron chi connectivity index (χ0n) is 11.0. The number of fused-ring (bicyclic) bond motifs is 1. The highest BCUT2D eigenvalue weighted by atomic mass is 16.5. The quantitative estimate of drug-likeness (QED) is 0.757. The summed E-state index contributed by atoms with van der Waals surface area (Å²) >= 11 is 0. The summed E-state index contributed by atoms with van der Waals surface area (Å²) in [6.45, 7) is 3.44. The van der Waals surface area contributed by atoms with E-state index in [1.54, 1.807) is 0 Å². The molecular formula is C14H24N2O2. The van der Waals surface area contributed by atoms with Crippen molar-refractivity contribution in [2.75, 3.05) is 26.3 Å². The topological polar surface area (TPSA) is 55.6 Å². The molecule has 3 rings (SSSR count). The van der Waals surface area contributed by atoms with Gasteiger partial charge in [0.2, 0.25) is 5.91 Å². The largest absolute Gasteiger partial charge is 0.381 e. The fraction of sp³-hybridized carbons (Fsp3) is 0.929. The molecule has 3 atom stereocenters. The predicted molar refractivity (Wildman–Crippen MR) is 68.9 cm³/mol. The molecule has 1 saturated carbocycles. The van der Waals surface area contributed by atoms with Crippen molar-refractivity contribution >= 4 is 5.91 Å². The minimum absolute atomic E-state index is 0.215. The highest BCUT2D eigenvalue weighted by molar-refractivity contribution is 5.79. The van der Waals surface area contributed by atoms with Crippen molar-refractivity contribution in [2.45, 2.75) is 38.1 Å². The lowest BCUT2D eigenvalue weighted by atomic mass is 9.79. The second kappa shape index (κ2) is 5.17. The Labute approximate surface area is 109 Å². The summed E-state index contributed by atoms with van der Waals surface area (Å²) in [7, 11) is 0. The molecule has 0 spiro atoms. The summed E-state index contributed by atoms with van der Waals surface area (Å²) in [5.74, 6) is 1.97. The van der Waals surface area contributed by atoms with Crippen LogP contribution in [0.25, 0.3) is 0 Å². The molecule has 4 nitrogen and oxygen atoms in total. The molecule has 0 bridgehead atoms. The van der Waals surface area contributed by atoms with Crippen LogP contribution in [0, 0.1) is 17.8 Å². The maximum Gasteiger partial charge on any atom is 0.225 e. The molecule has 3 fully saturated rings. The highest BCUT2D eigenvalue weighted by Crippen LogP contribution is 2.36. The first-order valence-corrected chi connectivity index (χ1v) is 7.36. The van der Waals surface area contributed by atoms with Crippen LogP contribution in [0.4, 0.5) is 0 Å². The minimum atomic E-state index is 0.215. The molecule has 0 aromatic carbocycles. The van der Waals surface area contributed by atoms with Gasteiger partial charge in [0.25, 0.3) is 0 Å². The summed E-state index contributed by atoms with van der Waals surface area (Å²) in [6, 6.07) is 0.365. The van der Waals surface area contributed by atoms with E-state index in [1.807, 2.05) is 0 Å². The van der Waals surface area contributed by atoms with Crippen molar-refractivity contribution in [3.63, 3.8) is 0 Å². The Bertz CT molecular complexity index is 315. The zero-order valence-corrected chi connectivity index (χ0v) is 11.0. The van der Waals surface area contributed by atoms with Gasteiger partial charge in [-0.25, -0.2) is 0 Å². The van der Waals surface area contributed by atoms with Gasteiger partial charge in [-0.2, -0.15) is 0 Å². The zero-order chi connectivity index (χ0) is 12.5. The van der Waals surface area contributed by atoms with Crippen molar-refractivity contribution in [3.8, 4) is 0 Å². The van der Waals surface area contributed by atoms with Crippen LogP contribution in [0.2, 0.25) is 0 Å². The Morgan fingerprint density at radius 2 is 1.78 bits per heavy atom. The summed E-state index contributed by atoms with van der Waals surface area (Å²) in [5.41, 5.74) is 6.04. The van der Waals surface area contributed by atoms with E-state index in [0.717, 1.165) is 52.0 Å². The normalized spacial score (nSPS) is 37.6. The fourth-order valence-corrected chi connectivity index (χ4v) is 3.85. The summed E-state index contributed by atoms with van der Waals surface area (Å²) < 4.78 is 5.33. The molecule has 2 saturated heterocycles. The third kappa shape index (κ3) is 2.41. The lowest BCUT2D eigenvalue weighted by molar-refractivity contribution is -0.137. The van der Waals surface area contributed by atoms with Crippen molar-refractivity contribution in [3.05, 3.63) is 0 Å². The van der Waals surface area contributed by atoms with Gasteiger partial charge in [-0.05, 0) is 43.9 Å². The number of ether oxygens (including phenoxy) is 1. The first-order chi connectivity index (χ1) is 8.74. The van der Waals surface area contributed by atoms with Crippen LogP contribution in [0.3, 0.4) is 0 Å². The maximum atomic E-state index is 12.5. The van der Waals surface area contributed by atoms with Crippen molar-refractivity contribution in [2.24, 2.45) is 23.5 Å². The molecule has 2 heterocycles. The number of carbonyl (C=O) groups excluding carboxylic acids is 1. The third-order valence-electron chi connectivity index (χ3n) is 4.97. The number of rotatable bonds is 1. The molecule has 18 heavy (non-hydrogen) atoms. The van der Waals surface area contributed by atoms with E-state index in [-0.39, 0.29) is 5.92 Å². The Kier molecular flexibility index (Phi) is 3.57. The lowest BCUT2D eigenvalue weighted by Gasteiger charge is -2.27. The average Bonchev–Trinajstić information content (AvgIpc) is 2.81. The van der Waals surface area contributed by atoms with Gasteiger partial charge in [0.05, 0.1) is 0 Å². The fourth-order valence-electron chi connectivity index (χ4n) is 3.85. The van der Waals surface area contributed by atoms with Crippen LogP contribution in [0.1, 0.15) is 32.1 Å². The Morgan fingerprint density at radius 1 is 1.06 bits per heavy atom. The molecule has 2 N–H and O–H groups in total. The van der Waals surface area contributed by atoms with Gasteiger partial charge in [-0.15, -0.1) is 0 Å². The van der Waals surface area contributed by atoms with Gasteiger partial charge in [-0.3, -0.25) is 4.79 Å². The molecular weight excluding hydrogens is 228 g/mol. The van der Waals surface area contributed by atoms with E-state index in [2.05, 4.69) is 4.90 Å². The molecule has 1 aliphatic carbocycles. The van der Waals surface area contributed by atoms with Crippen LogP contribution in [-0.4, -0.2) is 43.2 Å². The molecule has 4 heteroatoms. The van der Waals surface area contributed by atoms with Crippen LogP contribution in [0.15, 0.2) is 0 Å². The molecule has 3 aliphatic rings. The van der Waals surface area contributed by atoms with Gasteiger partial charge in [0.15, 0.2) is 0 Å². The Balaban J connectivity index is 1.59. The number of amides is 1. The van der Waals surface area contributed by atoms with E-state index in [4.69, 9.17) is 10.5 Å². The maximum absolute atomic E-state index is 12.5. The number of nitrogens with two attached hydrogens (primary N) is 1. The van der Waals surface area contributed by atoms with Gasteiger partial charge in [-0.1, -0.05) is 0 Å². The van der Waals surface area contributed by atoms with Crippen molar-refractivity contribution < 1.29 is 9.53 Å². The predicted octanol–water partition coefficient (Wildman–Crippen LogP) is 0.999. The molecule has 0 aromatic rings. The van der Waals surface area contributed by atoms with E-state index in [0.29, 0.717) is 23.8 Å². The molecule has 1 unspecified atom stereocenters.